The van der Waals surface area contributed by atoms with E-state index in [4.69, 9.17) is 98.4 Å². The molecular weight excluding hydrogens is 2250 g/mol. The Labute approximate surface area is 1030 Å². The van der Waals surface area contributed by atoms with E-state index in [1.807, 2.05) is 0 Å². The molecule has 4 N–H and O–H groups in total. The van der Waals surface area contributed by atoms with Gasteiger partial charge < -0.3 is 132 Å². The number of aliphatic hydroxyl groups excluding tert-OH is 1. The summed E-state index contributed by atoms with van der Waals surface area (Å²) in [5, 5.41) is 11.6. The van der Waals surface area contributed by atoms with Crippen molar-refractivity contribution in [3.05, 3.63) is 11.8 Å². The largest absolute Gasteiger partial charge is 1.00 e. The summed E-state index contributed by atoms with van der Waals surface area (Å²) in [6, 6.07) is -8.90. The fraction of sp³-hybridized carbons (Fsp3) is 0.843. The normalized spacial score (nSPS) is 27.5. The molecule has 0 aromatic heterocycles. The molecule has 0 bridgehead atoms. The van der Waals surface area contributed by atoms with Crippen molar-refractivity contribution in [2.45, 2.75) is 331 Å². The molecule has 25 unspecified atom stereocenters. The van der Waals surface area contributed by atoms with E-state index >= 15 is 9.59 Å². The average Bonchev–Trinajstić information content (AvgIpc) is 0.750. The molecule has 0 spiro atoms. The predicted octanol–water partition coefficient (Wildman–Crippen LogP) is -29.2. The Balaban J connectivity index is -0.0000128. The van der Waals surface area contributed by atoms with Crippen molar-refractivity contribution in [1.82, 2.24) is 14.2 Å². The molecule has 61 nitrogen and oxygen atoms in total. The Morgan fingerprint density at radius 2 is 0.578 bits per heavy atom. The quantitative estimate of drug-likeness (QED) is 0.00642. The molecule has 5 aliphatic rings. The maximum Gasteiger partial charge on any atom is 1.00 e. The van der Waals surface area contributed by atoms with Gasteiger partial charge in [0, 0.05) is 38.5 Å². The van der Waals surface area contributed by atoms with Gasteiger partial charge in [0.05, 0.1) is 45.7 Å². The zero-order valence-corrected chi connectivity index (χ0v) is 106. The SMILES string of the molecule is CCCCOC(=O)/C=C(\COC(=O)CCC)OC1OC(COS(=O)(=O)[O-])C(OC2OC(C(=O)OCCCC)C(OC3OC(COS(=O)(=O)[O-])C(OC4OC(C(=O)OCCCC)C(OC5OC(COS(=O)(=O)[O-])C(O)C(OC(=O)CCC)C5NS(=O)(=O)[O-])C(OC(=O)CCC)C4OS(=O)(=O)[O-])C(OC(=O)CCC)C3NS(=O)(=O)[O-])C(OC(=O)CCC)C2OS(=O)(=O)[O-])C(OC(=O)CCC)C1NS(=O)(=O)[O-].[Na+].[Na+].[Na+].[Na+].[Na+].[Na+].[Na+].[Na+]. The molecule has 5 saturated heterocycles. The summed E-state index contributed by atoms with van der Waals surface area (Å²) in [7, 11) is -50.6. The van der Waals surface area contributed by atoms with Crippen LogP contribution in [0.25, 0.3) is 0 Å². The number of carbonyl (C=O) groups excluding carboxylic acids is 9. The van der Waals surface area contributed by atoms with Gasteiger partial charge >= 0.3 is 290 Å². The zero-order chi connectivity index (χ0) is 105. The summed E-state index contributed by atoms with van der Waals surface area (Å²) in [5.41, 5.74) is 0. The maximum absolute atomic E-state index is 15.3. The van der Waals surface area contributed by atoms with Crippen LogP contribution in [0.1, 0.15) is 178 Å². The van der Waals surface area contributed by atoms with Crippen molar-refractivity contribution < 1.29 is 499 Å². The summed E-state index contributed by atoms with van der Waals surface area (Å²) in [6.45, 7) is 3.85. The van der Waals surface area contributed by atoms with E-state index in [1.54, 1.807) is 6.92 Å². The molecule has 806 valence electrons. The number of aliphatic hydroxyl groups is 1. The van der Waals surface area contributed by atoms with Gasteiger partial charge in [-0.1, -0.05) is 81.6 Å². The molecule has 5 fully saturated rings. The number of nitrogens with one attached hydrogen (secondary N) is 3. The van der Waals surface area contributed by atoms with E-state index in [-0.39, 0.29) is 320 Å². The standard InChI is InChI=1S/C70H115N3O58S8.8Na/c1-10-19-28-108-46(80)31-36(32-111-40(74)22-13-4)115-66-48(72-133(87,88)89)54(120-42(76)24-15-6)51(38(117-66)34-113-136(96,97)98)124-69-63(131-139(105,106)107)59(123-45(79)27-18-9)57(61(129-69)65(83)110-30-21-12-3)127-68-49(73-134(90,91)92)55(121-43(77)25-16-7)52(39(118-68)35-114-137(99,100)101)125-70-62(130-138(102,103)104)58(122-44(78)26-17-8)56(60(128-70)64(82)109-29-20-11-2)126-67-47(71-132(84,85)86)53(119-41(75)23-14-5)50(81)37(116-67)33-112-135(93,94)95;;;;;;;;/h31,37-39,47-63,66-73,81H,10-30,32-35H2,1-9H3,(H,84,85,86)(H,87,88,89)(H,90,91,92)(H,93,94,95)(H,96,97,98)(H,99,100,101)(H,102,103,104)(H,105,106,107);;;;;;;;/q;8*+1/p-8/b36-31+;;;;;;;;. The van der Waals surface area contributed by atoms with Crippen molar-refractivity contribution in [2.75, 3.05) is 46.2 Å². The molecule has 0 aromatic carbocycles. The van der Waals surface area contributed by atoms with Gasteiger partial charge in [0.1, 0.15) is 79.3 Å². The Morgan fingerprint density at radius 1 is 0.299 bits per heavy atom. The second-order valence-electron chi connectivity index (χ2n) is 30.4. The van der Waals surface area contributed by atoms with Crippen LogP contribution in [0.2, 0.25) is 0 Å². The first kappa shape index (κ1) is 155. The van der Waals surface area contributed by atoms with E-state index < -0.39 is 367 Å². The second kappa shape index (κ2) is 73.4. The van der Waals surface area contributed by atoms with Crippen molar-refractivity contribution in [3.8, 4) is 0 Å². The molecule has 0 saturated carbocycles. The first-order valence-electron chi connectivity index (χ1n) is 42.5. The third-order valence-corrected chi connectivity index (χ3v) is 23.1. The number of hydrogen-bond acceptors (Lipinski definition) is 58. The molecule has 5 heterocycles. The fourth-order valence-corrected chi connectivity index (χ4v) is 17.1. The van der Waals surface area contributed by atoms with Crippen LogP contribution in [0.15, 0.2) is 11.8 Å². The molecule has 0 aliphatic carbocycles. The smallest absolute Gasteiger partial charge is 0.735 e. The number of ether oxygens (including phenoxy) is 19. The average molecular weight is 2360 g/mol. The number of rotatable bonds is 60. The topological polar surface area (TPSA) is 889 Å². The van der Waals surface area contributed by atoms with Gasteiger partial charge in [-0.05, 0) is 57.8 Å². The van der Waals surface area contributed by atoms with Gasteiger partial charge in [-0.2, -0.15) is 0 Å². The van der Waals surface area contributed by atoms with Crippen LogP contribution in [-0.4, -0.2) is 362 Å². The number of carbonyl (C=O) groups is 9. The van der Waals surface area contributed by atoms with Crippen LogP contribution in [0, 0.1) is 0 Å². The van der Waals surface area contributed by atoms with Gasteiger partial charge in [0.15, 0.2) is 111 Å². The Bertz CT molecular complexity index is 5100. The minimum Gasteiger partial charge on any atom is -0.735 e. The second-order valence-corrected chi connectivity index (χ2v) is 39.0. The summed E-state index contributed by atoms with van der Waals surface area (Å²) in [4.78, 5) is 127. The molecule has 147 heavy (non-hydrogen) atoms. The minimum absolute atomic E-state index is 0. The summed E-state index contributed by atoms with van der Waals surface area (Å²) in [6.07, 6.45) is -72.2. The minimum atomic E-state index is -6.72. The summed E-state index contributed by atoms with van der Waals surface area (Å²) >= 11 is 0. The van der Waals surface area contributed by atoms with Crippen molar-refractivity contribution in [1.29, 1.82) is 0 Å². The predicted molar refractivity (Wildman–Crippen MR) is 431 cm³/mol. The van der Waals surface area contributed by atoms with Crippen LogP contribution in [0.5, 0.6) is 0 Å². The molecule has 5 aliphatic heterocycles. The monoisotopic (exact) mass is 2360 g/mol. The first-order chi connectivity index (χ1) is 64.6. The van der Waals surface area contributed by atoms with Crippen LogP contribution < -0.4 is 251 Å². The Kier molecular flexibility index (Phi) is 77.2. The molecule has 5 rings (SSSR count). The molecule has 0 aromatic rings. The van der Waals surface area contributed by atoms with Gasteiger partial charge in [0.25, 0.3) is 0 Å². The van der Waals surface area contributed by atoms with Crippen LogP contribution in [0.3, 0.4) is 0 Å². The molecule has 77 heteroatoms. The third-order valence-electron chi connectivity index (χ3n) is 19.2. The number of esters is 9. The Morgan fingerprint density at radius 3 is 0.891 bits per heavy atom. The van der Waals surface area contributed by atoms with E-state index in [9.17, 15) is 142 Å². The van der Waals surface area contributed by atoms with Gasteiger partial charge in [0.2, 0.25) is 58.3 Å². The summed E-state index contributed by atoms with van der Waals surface area (Å²) < 4.78 is 448. The van der Waals surface area contributed by atoms with Crippen molar-refractivity contribution >= 4 is 137 Å². The van der Waals surface area contributed by atoms with Crippen LogP contribution in [-0.2, 0) is 237 Å². The number of unbranched alkanes of at least 4 members (excludes halogenated alkanes) is 3. The van der Waals surface area contributed by atoms with Gasteiger partial charge in [-0.3, -0.25) is 49.7 Å². The molecule has 0 radical (unpaired) electrons. The van der Waals surface area contributed by atoms with Gasteiger partial charge in [-0.25, -0.2) is 95.9 Å². The van der Waals surface area contributed by atoms with Crippen LogP contribution >= 0.6 is 0 Å². The molecule has 25 atom stereocenters. The van der Waals surface area contributed by atoms with E-state index in [1.165, 1.54) is 69.6 Å². The molecular formula is C70H107N3Na8O58S8. The fourth-order valence-electron chi connectivity index (χ4n) is 13.5. The Hall–Kier alpha value is 1.33. The van der Waals surface area contributed by atoms with E-state index in [0.29, 0.717) is 12.5 Å². The van der Waals surface area contributed by atoms with Gasteiger partial charge in [-0.15, -0.1) is 0 Å². The van der Waals surface area contributed by atoms with E-state index in [2.05, 4.69) is 12.5 Å². The number of hydrogen-bond donors (Lipinski definition) is 4. The first-order valence-corrected chi connectivity index (χ1v) is 53.4. The third kappa shape index (κ3) is 56.7. The van der Waals surface area contributed by atoms with Crippen molar-refractivity contribution in [2.24, 2.45) is 0 Å². The summed E-state index contributed by atoms with van der Waals surface area (Å²) in [5.74, 6) is -15.1. The van der Waals surface area contributed by atoms with Crippen LogP contribution in [0.4, 0.5) is 0 Å². The maximum atomic E-state index is 15.3. The zero-order valence-electron chi connectivity index (χ0n) is 83.2. The van der Waals surface area contributed by atoms with Crippen molar-refractivity contribution in [3.63, 3.8) is 0 Å². The molecule has 0 amide bonds. The van der Waals surface area contributed by atoms with E-state index in [0.717, 1.165) is 0 Å².